The van der Waals surface area contributed by atoms with Crippen molar-refractivity contribution in [3.8, 4) is 6.07 Å². The van der Waals surface area contributed by atoms with Gasteiger partial charge in [-0.25, -0.2) is 4.99 Å². The maximum absolute atomic E-state index is 9.00. The van der Waals surface area contributed by atoms with E-state index in [4.69, 9.17) is 5.26 Å². The number of benzene rings is 2. The number of nitriles is 1. The number of nitrogens with one attached hydrogen (secondary N) is 2. The molecule has 2 N–H and O–H groups in total. The Morgan fingerprint density at radius 1 is 1.12 bits per heavy atom. The third-order valence-corrected chi connectivity index (χ3v) is 4.26. The Morgan fingerprint density at radius 3 is 2.56 bits per heavy atom. The van der Waals surface area contributed by atoms with Gasteiger partial charge in [0.2, 0.25) is 0 Å². The molecule has 130 valence electrons. The number of hydrogen-bond acceptors (Lipinski definition) is 2. The maximum Gasteiger partial charge on any atom is 0.191 e. The van der Waals surface area contributed by atoms with Crippen molar-refractivity contribution in [3.05, 3.63) is 71.3 Å². The summed E-state index contributed by atoms with van der Waals surface area (Å²) in [6.45, 7) is 7.78. The minimum atomic E-state index is 0.241. The molecule has 0 saturated carbocycles. The van der Waals surface area contributed by atoms with Gasteiger partial charge in [-0.1, -0.05) is 49.4 Å². The van der Waals surface area contributed by atoms with Crippen molar-refractivity contribution < 1.29 is 0 Å². The Morgan fingerprint density at radius 2 is 1.88 bits per heavy atom. The normalized spacial score (nSPS) is 13.6. The van der Waals surface area contributed by atoms with Crippen LogP contribution in [0.3, 0.4) is 0 Å². The molecule has 0 saturated heterocycles. The van der Waals surface area contributed by atoms with E-state index in [9.17, 15) is 0 Å². The number of guanidine groups is 1. The van der Waals surface area contributed by atoms with Gasteiger partial charge in [0, 0.05) is 18.5 Å². The molecule has 0 aliphatic rings. The van der Waals surface area contributed by atoms with E-state index in [2.05, 4.69) is 66.7 Å². The minimum absolute atomic E-state index is 0.241. The maximum atomic E-state index is 9.00. The highest BCUT2D eigenvalue weighted by Gasteiger charge is 2.15. The van der Waals surface area contributed by atoms with Gasteiger partial charge in [0.25, 0.3) is 0 Å². The highest BCUT2D eigenvalue weighted by Crippen LogP contribution is 2.18. The van der Waals surface area contributed by atoms with Gasteiger partial charge in [0.1, 0.15) is 0 Å². The van der Waals surface area contributed by atoms with Crippen LogP contribution in [0.5, 0.6) is 0 Å². The fraction of sp³-hybridized carbons (Fsp3) is 0.333. The third-order valence-electron chi connectivity index (χ3n) is 4.26. The van der Waals surface area contributed by atoms with E-state index in [0.29, 0.717) is 18.0 Å². The monoisotopic (exact) mass is 334 g/mol. The molecular weight excluding hydrogens is 308 g/mol. The lowest BCUT2D eigenvalue weighted by Crippen LogP contribution is -2.44. The molecule has 0 fully saturated rings. The number of aliphatic imine (C=N–C) groups is 1. The largest absolute Gasteiger partial charge is 0.357 e. The molecule has 2 unspecified atom stereocenters. The highest BCUT2D eigenvalue weighted by atomic mass is 15.2. The summed E-state index contributed by atoms with van der Waals surface area (Å²) >= 11 is 0. The van der Waals surface area contributed by atoms with Gasteiger partial charge in [-0.15, -0.1) is 0 Å². The molecule has 4 heteroatoms. The van der Waals surface area contributed by atoms with Crippen molar-refractivity contribution in [2.24, 2.45) is 4.99 Å². The van der Waals surface area contributed by atoms with Crippen LogP contribution in [0.25, 0.3) is 0 Å². The molecule has 2 aromatic carbocycles. The summed E-state index contributed by atoms with van der Waals surface area (Å²) in [5.74, 6) is 1.16. The summed E-state index contributed by atoms with van der Waals surface area (Å²) in [4.78, 5) is 4.66. The predicted molar refractivity (Wildman–Crippen MR) is 103 cm³/mol. The number of nitrogens with zero attached hydrogens (tertiary/aromatic N) is 2. The first-order chi connectivity index (χ1) is 12.1. The summed E-state index contributed by atoms with van der Waals surface area (Å²) < 4.78 is 0. The Kier molecular flexibility index (Phi) is 7.03. The van der Waals surface area contributed by atoms with Crippen molar-refractivity contribution in [1.29, 1.82) is 5.26 Å². The second-order valence-electron chi connectivity index (χ2n) is 6.14. The van der Waals surface area contributed by atoms with Crippen LogP contribution in [-0.2, 0) is 6.54 Å². The third kappa shape index (κ3) is 5.65. The Hall–Kier alpha value is -2.80. The molecular formula is C21H26N4. The van der Waals surface area contributed by atoms with Crippen LogP contribution in [0.15, 0.2) is 59.6 Å². The zero-order valence-electron chi connectivity index (χ0n) is 15.2. The standard InChI is InChI=1S/C21H26N4/c1-4-23-21(24-15-19-10-8-9-18(13-19)14-22)25-17(3)16(2)20-11-6-5-7-12-20/h5-13,16-17H,4,15H2,1-3H3,(H2,23,24,25). The summed E-state index contributed by atoms with van der Waals surface area (Å²) in [5.41, 5.74) is 3.00. The van der Waals surface area contributed by atoms with E-state index in [1.54, 1.807) is 6.07 Å². The van der Waals surface area contributed by atoms with E-state index < -0.39 is 0 Å². The second kappa shape index (κ2) is 9.48. The Labute approximate surface area is 150 Å². The molecule has 4 nitrogen and oxygen atoms in total. The van der Waals surface area contributed by atoms with Crippen LogP contribution in [0, 0.1) is 11.3 Å². The lowest BCUT2D eigenvalue weighted by Gasteiger charge is -2.24. The second-order valence-corrected chi connectivity index (χ2v) is 6.14. The summed E-state index contributed by atoms with van der Waals surface area (Å²) in [7, 11) is 0. The summed E-state index contributed by atoms with van der Waals surface area (Å²) in [6, 6.07) is 20.5. The molecule has 2 atom stereocenters. The molecule has 2 aromatic rings. The van der Waals surface area contributed by atoms with Crippen molar-refractivity contribution in [1.82, 2.24) is 10.6 Å². The quantitative estimate of drug-likeness (QED) is 0.624. The van der Waals surface area contributed by atoms with Crippen LogP contribution in [0.4, 0.5) is 0 Å². The summed E-state index contributed by atoms with van der Waals surface area (Å²) in [6.07, 6.45) is 0. The van der Waals surface area contributed by atoms with Gasteiger partial charge >= 0.3 is 0 Å². The molecule has 0 aliphatic carbocycles. The average Bonchev–Trinajstić information content (AvgIpc) is 2.66. The van der Waals surface area contributed by atoms with Crippen LogP contribution < -0.4 is 10.6 Å². The van der Waals surface area contributed by atoms with Crippen molar-refractivity contribution in [3.63, 3.8) is 0 Å². The van der Waals surface area contributed by atoms with E-state index in [-0.39, 0.29) is 6.04 Å². The zero-order chi connectivity index (χ0) is 18.1. The van der Waals surface area contributed by atoms with Gasteiger partial charge in [0.15, 0.2) is 5.96 Å². The van der Waals surface area contributed by atoms with E-state index in [1.807, 2.05) is 24.3 Å². The molecule has 0 heterocycles. The molecule has 0 aliphatic heterocycles. The van der Waals surface area contributed by atoms with Crippen LogP contribution in [0.2, 0.25) is 0 Å². The average molecular weight is 334 g/mol. The number of hydrogen-bond donors (Lipinski definition) is 2. The van der Waals surface area contributed by atoms with Gasteiger partial charge in [-0.3, -0.25) is 0 Å². The Bertz CT molecular complexity index is 731. The van der Waals surface area contributed by atoms with E-state index in [0.717, 1.165) is 18.1 Å². The van der Waals surface area contributed by atoms with E-state index in [1.165, 1.54) is 5.56 Å². The molecule has 25 heavy (non-hydrogen) atoms. The van der Waals surface area contributed by atoms with E-state index >= 15 is 0 Å². The predicted octanol–water partition coefficient (Wildman–Crippen LogP) is 3.81. The van der Waals surface area contributed by atoms with Gasteiger partial charge in [-0.2, -0.15) is 5.26 Å². The van der Waals surface area contributed by atoms with Gasteiger partial charge in [0.05, 0.1) is 18.2 Å². The fourth-order valence-electron chi connectivity index (χ4n) is 2.62. The minimum Gasteiger partial charge on any atom is -0.357 e. The molecule has 2 rings (SSSR count). The first kappa shape index (κ1) is 18.5. The van der Waals surface area contributed by atoms with Crippen molar-refractivity contribution in [2.45, 2.75) is 39.3 Å². The summed E-state index contributed by atoms with van der Waals surface area (Å²) in [5, 5.41) is 15.8. The van der Waals surface area contributed by atoms with Crippen molar-refractivity contribution in [2.75, 3.05) is 6.54 Å². The van der Waals surface area contributed by atoms with Gasteiger partial charge < -0.3 is 10.6 Å². The van der Waals surface area contributed by atoms with Crippen molar-refractivity contribution >= 4 is 5.96 Å². The van der Waals surface area contributed by atoms with Crippen LogP contribution >= 0.6 is 0 Å². The first-order valence-electron chi connectivity index (χ1n) is 8.73. The van der Waals surface area contributed by atoms with Gasteiger partial charge in [-0.05, 0) is 37.1 Å². The number of rotatable bonds is 6. The SMILES string of the molecule is CCNC(=NCc1cccc(C#N)c1)NC(C)C(C)c1ccccc1. The molecule has 0 amide bonds. The smallest absolute Gasteiger partial charge is 0.191 e. The molecule has 0 aromatic heterocycles. The molecule has 0 radical (unpaired) electrons. The molecule has 0 spiro atoms. The van der Waals surface area contributed by atoms with Crippen LogP contribution in [-0.4, -0.2) is 18.5 Å². The Balaban J connectivity index is 2.05. The van der Waals surface area contributed by atoms with Crippen LogP contribution in [0.1, 0.15) is 43.4 Å². The zero-order valence-corrected chi connectivity index (χ0v) is 15.2. The first-order valence-corrected chi connectivity index (χ1v) is 8.73. The fourth-order valence-corrected chi connectivity index (χ4v) is 2.62. The lowest BCUT2D eigenvalue weighted by atomic mass is 9.94. The lowest BCUT2D eigenvalue weighted by molar-refractivity contribution is 0.550. The highest BCUT2D eigenvalue weighted by molar-refractivity contribution is 5.80. The molecule has 0 bridgehead atoms. The topological polar surface area (TPSA) is 60.2 Å².